The van der Waals surface area contributed by atoms with Gasteiger partial charge < -0.3 is 15.1 Å². The van der Waals surface area contributed by atoms with Gasteiger partial charge in [0.05, 0.1) is 11.6 Å². The number of benzene rings is 1. The van der Waals surface area contributed by atoms with Crippen LogP contribution in [0.4, 0.5) is 16.0 Å². The molecule has 1 aromatic heterocycles. The number of halogens is 1. The van der Waals surface area contributed by atoms with Gasteiger partial charge in [-0.1, -0.05) is 6.07 Å². The molecule has 2 aliphatic heterocycles. The Labute approximate surface area is 187 Å². The Bertz CT molecular complexity index is 949. The summed E-state index contributed by atoms with van der Waals surface area (Å²) in [6.07, 6.45) is 4.46. The van der Waals surface area contributed by atoms with E-state index in [1.807, 2.05) is 6.07 Å². The van der Waals surface area contributed by atoms with Crippen LogP contribution in [0.15, 0.2) is 36.7 Å². The lowest BCUT2D eigenvalue weighted by Crippen LogP contribution is -2.47. The van der Waals surface area contributed by atoms with Crippen LogP contribution < -0.4 is 15.1 Å². The van der Waals surface area contributed by atoms with Gasteiger partial charge in [-0.2, -0.15) is 0 Å². The van der Waals surface area contributed by atoms with E-state index < -0.39 is 11.7 Å². The Morgan fingerprint density at radius 2 is 1.94 bits per heavy atom. The Morgan fingerprint density at radius 3 is 2.66 bits per heavy atom. The molecule has 8 nitrogen and oxygen atoms in total. The van der Waals surface area contributed by atoms with Gasteiger partial charge in [0, 0.05) is 58.1 Å². The fourth-order valence-electron chi connectivity index (χ4n) is 4.23. The van der Waals surface area contributed by atoms with E-state index in [0.717, 1.165) is 50.7 Å². The van der Waals surface area contributed by atoms with Gasteiger partial charge in [0.25, 0.3) is 0 Å². The molecule has 2 fully saturated rings. The van der Waals surface area contributed by atoms with Gasteiger partial charge in [0.1, 0.15) is 5.82 Å². The van der Waals surface area contributed by atoms with Crippen molar-refractivity contribution in [3.8, 4) is 0 Å². The number of nitrogens with zero attached hydrogens (tertiary/aromatic N) is 5. The molecule has 9 heteroatoms. The monoisotopic (exact) mass is 440 g/mol. The second-order valence-corrected chi connectivity index (χ2v) is 8.38. The topological polar surface area (TPSA) is 81.7 Å². The molecule has 2 aliphatic rings. The van der Waals surface area contributed by atoms with Crippen LogP contribution in [0.3, 0.4) is 0 Å². The molecule has 0 bridgehead atoms. The third-order valence-corrected chi connectivity index (χ3v) is 6.05. The van der Waals surface area contributed by atoms with Crippen LogP contribution in [0.2, 0.25) is 0 Å². The van der Waals surface area contributed by atoms with Crippen molar-refractivity contribution < 1.29 is 14.0 Å². The fraction of sp³-hybridized carbons (Fsp3) is 0.478. The van der Waals surface area contributed by atoms with Gasteiger partial charge in [0.2, 0.25) is 17.8 Å². The van der Waals surface area contributed by atoms with Crippen molar-refractivity contribution in [2.75, 3.05) is 55.6 Å². The number of aryl methyl sites for hydroxylation is 1. The van der Waals surface area contributed by atoms with Crippen molar-refractivity contribution in [1.82, 2.24) is 20.2 Å². The molecule has 2 saturated heterocycles. The summed E-state index contributed by atoms with van der Waals surface area (Å²) in [6, 6.07) is 6.59. The molecule has 4 rings (SSSR count). The maximum absolute atomic E-state index is 14.2. The molecule has 2 amide bonds. The molecule has 0 saturated carbocycles. The summed E-state index contributed by atoms with van der Waals surface area (Å²) in [5.41, 5.74) is 1.04. The van der Waals surface area contributed by atoms with E-state index in [2.05, 4.69) is 25.1 Å². The molecule has 0 unspecified atom stereocenters. The average Bonchev–Trinajstić information content (AvgIpc) is 3.19. The van der Waals surface area contributed by atoms with Crippen molar-refractivity contribution in [2.45, 2.75) is 19.8 Å². The van der Waals surface area contributed by atoms with Crippen LogP contribution in [0.5, 0.6) is 0 Å². The zero-order valence-electron chi connectivity index (χ0n) is 18.3. The van der Waals surface area contributed by atoms with Gasteiger partial charge in [-0.25, -0.2) is 14.4 Å². The number of amides is 2. The molecular weight excluding hydrogens is 411 g/mol. The lowest BCUT2D eigenvalue weighted by atomic mass is 10.1. The number of hydrogen-bond acceptors (Lipinski definition) is 6. The van der Waals surface area contributed by atoms with Crippen molar-refractivity contribution in [2.24, 2.45) is 5.92 Å². The number of anilines is 2. The standard InChI is InChI=1S/C23H29FN6O2/c1-17-4-5-20(19(24)14-17)30-16-18(15-21(30)31)22(32)25-8-3-9-28-10-12-29(13-11-28)23-26-6-2-7-27-23/h2,4-7,14,18H,3,8-13,15-16H2,1H3,(H,25,32)/t18-/m1/s1. The van der Waals surface area contributed by atoms with Crippen molar-refractivity contribution in [3.05, 3.63) is 48.0 Å². The summed E-state index contributed by atoms with van der Waals surface area (Å²) in [6.45, 7) is 7.10. The number of aromatic nitrogens is 2. The van der Waals surface area contributed by atoms with E-state index >= 15 is 0 Å². The molecular formula is C23H29FN6O2. The van der Waals surface area contributed by atoms with Crippen LogP contribution in [0, 0.1) is 18.7 Å². The first-order valence-corrected chi connectivity index (χ1v) is 11.1. The lowest BCUT2D eigenvalue weighted by molar-refractivity contribution is -0.126. The van der Waals surface area contributed by atoms with Crippen LogP contribution >= 0.6 is 0 Å². The minimum Gasteiger partial charge on any atom is -0.356 e. The summed E-state index contributed by atoms with van der Waals surface area (Å²) in [5, 5.41) is 2.95. The summed E-state index contributed by atoms with van der Waals surface area (Å²) < 4.78 is 14.2. The first-order chi connectivity index (χ1) is 15.5. The highest BCUT2D eigenvalue weighted by atomic mass is 19.1. The van der Waals surface area contributed by atoms with Gasteiger partial charge in [-0.05, 0) is 43.7 Å². The van der Waals surface area contributed by atoms with Crippen molar-refractivity contribution >= 4 is 23.5 Å². The molecule has 170 valence electrons. The minimum atomic E-state index is -0.447. The summed E-state index contributed by atoms with van der Waals surface area (Å²) >= 11 is 0. The number of nitrogens with one attached hydrogen (secondary N) is 1. The zero-order valence-corrected chi connectivity index (χ0v) is 18.3. The summed E-state index contributed by atoms with van der Waals surface area (Å²) in [7, 11) is 0. The Hall–Kier alpha value is -3.07. The third-order valence-electron chi connectivity index (χ3n) is 6.05. The second-order valence-electron chi connectivity index (χ2n) is 8.38. The van der Waals surface area contributed by atoms with Gasteiger partial charge >= 0.3 is 0 Å². The number of carbonyl (C=O) groups is 2. The average molecular weight is 441 g/mol. The maximum atomic E-state index is 14.2. The highest BCUT2D eigenvalue weighted by Gasteiger charge is 2.36. The molecule has 32 heavy (non-hydrogen) atoms. The quantitative estimate of drug-likeness (QED) is 0.659. The molecule has 0 radical (unpaired) electrons. The molecule has 3 heterocycles. The highest BCUT2D eigenvalue weighted by Crippen LogP contribution is 2.28. The smallest absolute Gasteiger partial charge is 0.227 e. The Morgan fingerprint density at radius 1 is 1.19 bits per heavy atom. The van der Waals surface area contributed by atoms with E-state index in [1.54, 1.807) is 31.5 Å². The van der Waals surface area contributed by atoms with Crippen LogP contribution in [0.25, 0.3) is 0 Å². The van der Waals surface area contributed by atoms with Crippen LogP contribution in [0.1, 0.15) is 18.4 Å². The first-order valence-electron chi connectivity index (χ1n) is 11.1. The van der Waals surface area contributed by atoms with E-state index in [4.69, 9.17) is 0 Å². The number of carbonyl (C=O) groups excluding carboxylic acids is 2. The van der Waals surface area contributed by atoms with E-state index in [1.165, 1.54) is 11.0 Å². The van der Waals surface area contributed by atoms with E-state index in [0.29, 0.717) is 6.54 Å². The van der Waals surface area contributed by atoms with Crippen LogP contribution in [-0.4, -0.2) is 72.5 Å². The molecule has 1 atom stereocenters. The van der Waals surface area contributed by atoms with E-state index in [9.17, 15) is 14.0 Å². The minimum absolute atomic E-state index is 0.114. The van der Waals surface area contributed by atoms with Gasteiger partial charge in [0.15, 0.2) is 0 Å². The Balaban J connectivity index is 1.17. The second kappa shape index (κ2) is 10.0. The first kappa shape index (κ1) is 22.1. The molecule has 0 aliphatic carbocycles. The SMILES string of the molecule is Cc1ccc(N2C[C@H](C(=O)NCCCN3CCN(c4ncccn4)CC3)CC2=O)c(F)c1. The van der Waals surface area contributed by atoms with Crippen LogP contribution in [-0.2, 0) is 9.59 Å². The van der Waals surface area contributed by atoms with Gasteiger partial charge in [-0.15, -0.1) is 0 Å². The van der Waals surface area contributed by atoms with Crippen molar-refractivity contribution in [3.63, 3.8) is 0 Å². The largest absolute Gasteiger partial charge is 0.356 e. The maximum Gasteiger partial charge on any atom is 0.227 e. The summed E-state index contributed by atoms with van der Waals surface area (Å²) in [4.78, 5) is 39.4. The number of hydrogen-bond donors (Lipinski definition) is 1. The third kappa shape index (κ3) is 5.21. The lowest BCUT2D eigenvalue weighted by Gasteiger charge is -2.34. The molecule has 0 spiro atoms. The Kier molecular flexibility index (Phi) is 6.94. The fourth-order valence-corrected chi connectivity index (χ4v) is 4.23. The van der Waals surface area contributed by atoms with Gasteiger partial charge in [-0.3, -0.25) is 14.5 Å². The predicted octanol–water partition coefficient (Wildman–Crippen LogP) is 1.61. The molecule has 2 aromatic rings. The predicted molar refractivity (Wildman–Crippen MR) is 120 cm³/mol. The summed E-state index contributed by atoms with van der Waals surface area (Å²) in [5.74, 6) is -0.464. The number of rotatable bonds is 7. The molecule has 1 N–H and O–H groups in total. The van der Waals surface area contributed by atoms with Crippen molar-refractivity contribution in [1.29, 1.82) is 0 Å². The highest BCUT2D eigenvalue weighted by molar-refractivity contribution is 6.00. The van der Waals surface area contributed by atoms with E-state index in [-0.39, 0.29) is 30.5 Å². The zero-order chi connectivity index (χ0) is 22.5. The molecule has 1 aromatic carbocycles. The normalized spacial score (nSPS) is 19.4. The number of piperazine rings is 1.